The smallest absolute Gasteiger partial charge is 0.266 e. The van der Waals surface area contributed by atoms with E-state index in [4.69, 9.17) is 4.98 Å². The van der Waals surface area contributed by atoms with Crippen LogP contribution >= 0.6 is 11.8 Å². The van der Waals surface area contributed by atoms with Gasteiger partial charge in [0.15, 0.2) is 5.16 Å². The van der Waals surface area contributed by atoms with Crippen molar-refractivity contribution in [2.75, 3.05) is 11.9 Å². The Balaban J connectivity index is 1.80. The van der Waals surface area contributed by atoms with E-state index >= 15 is 0 Å². The quantitative estimate of drug-likeness (QED) is 0.316. The van der Waals surface area contributed by atoms with Crippen molar-refractivity contribution in [3.05, 3.63) is 94.3 Å². The Kier molecular flexibility index (Phi) is 6.15. The van der Waals surface area contributed by atoms with Crippen LogP contribution in [0.15, 0.2) is 82.7 Å². The van der Waals surface area contributed by atoms with E-state index in [0.29, 0.717) is 16.1 Å². The third kappa shape index (κ3) is 4.06. The van der Waals surface area contributed by atoms with Gasteiger partial charge in [-0.05, 0) is 62.2 Å². The summed E-state index contributed by atoms with van der Waals surface area (Å²) in [6.07, 6.45) is 0. The average molecular weight is 444 g/mol. The number of hydrogen-bond donors (Lipinski definition) is 0. The van der Waals surface area contributed by atoms with Crippen molar-refractivity contribution >= 4 is 34.3 Å². The number of carbonyl (C=O) groups excluding carboxylic acids is 1. The molecule has 0 saturated carbocycles. The van der Waals surface area contributed by atoms with E-state index < -0.39 is 5.25 Å². The number of fused-ring (bicyclic) bond motifs is 1. The van der Waals surface area contributed by atoms with E-state index in [9.17, 15) is 9.59 Å². The lowest BCUT2D eigenvalue weighted by Gasteiger charge is -2.22. The lowest BCUT2D eigenvalue weighted by molar-refractivity contribution is -0.117. The van der Waals surface area contributed by atoms with Crippen molar-refractivity contribution in [1.82, 2.24) is 9.55 Å². The van der Waals surface area contributed by atoms with Crippen molar-refractivity contribution < 1.29 is 4.79 Å². The standard InChI is InChI=1S/C26H25N3O2S/c1-17-11-10-16-23(18(17)2)29-25(31)21-14-8-9-15-22(21)27-26(29)32-19(3)24(30)28(4)20-12-6-5-7-13-20/h5-16,19H,1-4H3/t19-/m1/s1. The van der Waals surface area contributed by atoms with Gasteiger partial charge in [-0.1, -0.05) is 54.2 Å². The van der Waals surface area contributed by atoms with Crippen LogP contribution in [0.2, 0.25) is 0 Å². The molecule has 162 valence electrons. The molecule has 3 aromatic carbocycles. The first-order valence-electron chi connectivity index (χ1n) is 10.5. The maximum Gasteiger partial charge on any atom is 0.266 e. The summed E-state index contributed by atoms with van der Waals surface area (Å²) in [6.45, 7) is 5.87. The Hall–Kier alpha value is -3.38. The van der Waals surface area contributed by atoms with Crippen LogP contribution in [0.25, 0.3) is 16.6 Å². The highest BCUT2D eigenvalue weighted by molar-refractivity contribution is 8.00. The molecule has 0 saturated heterocycles. The van der Waals surface area contributed by atoms with Crippen molar-refractivity contribution in [2.24, 2.45) is 0 Å². The fraction of sp³-hybridized carbons (Fsp3) is 0.192. The summed E-state index contributed by atoms with van der Waals surface area (Å²) in [5.74, 6) is -0.0591. The van der Waals surface area contributed by atoms with Gasteiger partial charge in [-0.3, -0.25) is 14.2 Å². The van der Waals surface area contributed by atoms with Crippen LogP contribution in [0.5, 0.6) is 0 Å². The monoisotopic (exact) mass is 443 g/mol. The van der Waals surface area contributed by atoms with Crippen LogP contribution in [0.3, 0.4) is 0 Å². The highest BCUT2D eigenvalue weighted by Gasteiger charge is 2.24. The number of aromatic nitrogens is 2. The summed E-state index contributed by atoms with van der Waals surface area (Å²) in [6, 6.07) is 22.7. The van der Waals surface area contributed by atoms with Gasteiger partial charge in [0.25, 0.3) is 5.56 Å². The SMILES string of the molecule is Cc1cccc(-n2c(S[C@H](C)C(=O)N(C)c3ccccc3)nc3ccccc3c2=O)c1C. The molecule has 4 rings (SSSR count). The second kappa shape index (κ2) is 9.01. The molecule has 0 aliphatic heterocycles. The number of anilines is 1. The minimum Gasteiger partial charge on any atom is -0.315 e. The van der Waals surface area contributed by atoms with Gasteiger partial charge in [0, 0.05) is 12.7 Å². The van der Waals surface area contributed by atoms with Crippen LogP contribution in [0.1, 0.15) is 18.1 Å². The summed E-state index contributed by atoms with van der Waals surface area (Å²) >= 11 is 1.30. The zero-order valence-electron chi connectivity index (χ0n) is 18.6. The predicted octanol–water partition coefficient (Wildman–Crippen LogP) is 5.15. The number of aryl methyl sites for hydroxylation is 1. The fourth-order valence-corrected chi connectivity index (χ4v) is 4.65. The van der Waals surface area contributed by atoms with Crippen LogP contribution in [0.4, 0.5) is 5.69 Å². The molecule has 1 aromatic heterocycles. The minimum atomic E-state index is -0.440. The molecule has 0 radical (unpaired) electrons. The summed E-state index contributed by atoms with van der Waals surface area (Å²) < 4.78 is 1.64. The number of nitrogens with zero attached hydrogens (tertiary/aromatic N) is 3. The van der Waals surface area contributed by atoms with Gasteiger partial charge in [-0.2, -0.15) is 0 Å². The Bertz CT molecular complexity index is 1350. The molecule has 1 amide bonds. The van der Waals surface area contributed by atoms with Crippen molar-refractivity contribution in [3.63, 3.8) is 0 Å². The highest BCUT2D eigenvalue weighted by Crippen LogP contribution is 2.28. The van der Waals surface area contributed by atoms with E-state index in [-0.39, 0.29) is 11.5 Å². The number of para-hydroxylation sites is 2. The topological polar surface area (TPSA) is 55.2 Å². The molecule has 4 aromatic rings. The second-order valence-electron chi connectivity index (χ2n) is 7.76. The fourth-order valence-electron chi connectivity index (χ4n) is 3.64. The average Bonchev–Trinajstić information content (AvgIpc) is 2.81. The van der Waals surface area contributed by atoms with E-state index in [0.717, 1.165) is 22.5 Å². The lowest BCUT2D eigenvalue weighted by Crippen LogP contribution is -2.34. The number of carbonyl (C=O) groups is 1. The summed E-state index contributed by atoms with van der Waals surface area (Å²) in [5.41, 5.74) is 4.19. The van der Waals surface area contributed by atoms with Gasteiger partial charge in [0.05, 0.1) is 21.8 Å². The third-order valence-corrected chi connectivity index (χ3v) is 6.71. The maximum absolute atomic E-state index is 13.5. The number of rotatable bonds is 5. The number of benzene rings is 3. The van der Waals surface area contributed by atoms with E-state index in [2.05, 4.69) is 0 Å². The Morgan fingerprint density at radius 2 is 1.66 bits per heavy atom. The van der Waals surface area contributed by atoms with Crippen molar-refractivity contribution in [2.45, 2.75) is 31.2 Å². The Morgan fingerprint density at radius 3 is 2.41 bits per heavy atom. The number of hydrogen-bond acceptors (Lipinski definition) is 4. The van der Waals surface area contributed by atoms with E-state index in [1.807, 2.05) is 87.5 Å². The van der Waals surface area contributed by atoms with Gasteiger partial charge in [0.2, 0.25) is 5.91 Å². The third-order valence-electron chi connectivity index (χ3n) is 5.67. The first kappa shape index (κ1) is 21.8. The molecule has 0 N–H and O–H groups in total. The van der Waals surface area contributed by atoms with Crippen molar-refractivity contribution in [3.8, 4) is 5.69 Å². The van der Waals surface area contributed by atoms with E-state index in [1.54, 1.807) is 22.6 Å². The molecule has 5 nitrogen and oxygen atoms in total. The van der Waals surface area contributed by atoms with E-state index in [1.165, 1.54) is 11.8 Å². The summed E-state index contributed by atoms with van der Waals surface area (Å²) in [5, 5.41) is 0.618. The largest absolute Gasteiger partial charge is 0.315 e. The minimum absolute atomic E-state index is 0.0591. The molecule has 6 heteroatoms. The Labute approximate surface area is 191 Å². The summed E-state index contributed by atoms with van der Waals surface area (Å²) in [4.78, 5) is 33.1. The molecule has 1 atom stereocenters. The van der Waals surface area contributed by atoms with Gasteiger partial charge in [-0.25, -0.2) is 4.98 Å². The molecular formula is C26H25N3O2S. The van der Waals surface area contributed by atoms with Gasteiger partial charge >= 0.3 is 0 Å². The molecule has 0 aliphatic rings. The first-order chi connectivity index (χ1) is 15.4. The van der Waals surface area contributed by atoms with Gasteiger partial charge in [-0.15, -0.1) is 0 Å². The lowest BCUT2D eigenvalue weighted by atomic mass is 10.1. The molecule has 0 fully saturated rings. The molecule has 0 spiro atoms. The molecule has 1 heterocycles. The second-order valence-corrected chi connectivity index (χ2v) is 9.07. The Morgan fingerprint density at radius 1 is 0.969 bits per heavy atom. The molecule has 0 bridgehead atoms. The zero-order valence-corrected chi connectivity index (χ0v) is 19.4. The van der Waals surface area contributed by atoms with Crippen LogP contribution in [-0.2, 0) is 4.79 Å². The molecular weight excluding hydrogens is 418 g/mol. The normalized spacial score (nSPS) is 12.0. The predicted molar refractivity (Wildman–Crippen MR) is 132 cm³/mol. The highest BCUT2D eigenvalue weighted by atomic mass is 32.2. The molecule has 0 aliphatic carbocycles. The van der Waals surface area contributed by atoms with Crippen LogP contribution in [-0.4, -0.2) is 27.8 Å². The van der Waals surface area contributed by atoms with Gasteiger partial charge < -0.3 is 4.90 Å². The number of thioether (sulfide) groups is 1. The van der Waals surface area contributed by atoms with Crippen molar-refractivity contribution in [1.29, 1.82) is 0 Å². The molecule has 32 heavy (non-hydrogen) atoms. The molecule has 0 unspecified atom stereocenters. The maximum atomic E-state index is 13.5. The first-order valence-corrected chi connectivity index (χ1v) is 11.3. The van der Waals surface area contributed by atoms with Crippen LogP contribution < -0.4 is 10.5 Å². The van der Waals surface area contributed by atoms with Gasteiger partial charge in [0.1, 0.15) is 0 Å². The zero-order chi connectivity index (χ0) is 22.8. The van der Waals surface area contributed by atoms with Crippen LogP contribution in [0, 0.1) is 13.8 Å². The summed E-state index contributed by atoms with van der Waals surface area (Å²) in [7, 11) is 1.76. The number of amides is 1.